The van der Waals surface area contributed by atoms with Gasteiger partial charge in [0.05, 0.1) is 0 Å². The Morgan fingerprint density at radius 3 is 1.38 bits per heavy atom. The Kier molecular flexibility index (Phi) is 3.71. The zero-order valence-electron chi connectivity index (χ0n) is 10.8. The maximum Gasteiger partial charge on any atom is 0.242 e. The van der Waals surface area contributed by atoms with Gasteiger partial charge in [0.25, 0.3) is 0 Å². The molecule has 0 spiro atoms. The molecule has 0 fully saturated rings. The molecular weight excluding hydrogens is 278 g/mol. The van der Waals surface area contributed by atoms with Crippen molar-refractivity contribution in [2.45, 2.75) is 5.41 Å². The third-order valence-electron chi connectivity index (χ3n) is 3.29. The van der Waals surface area contributed by atoms with Crippen LogP contribution in [0.3, 0.4) is 0 Å². The summed E-state index contributed by atoms with van der Waals surface area (Å²) < 4.78 is 28.2. The Bertz CT molecular complexity index is 655. The lowest BCUT2D eigenvalue weighted by Gasteiger charge is -2.28. The Balaban J connectivity index is 2.91. The second-order valence-corrected chi connectivity index (χ2v) is 4.44. The number of halogens is 2. The average molecular weight is 290 g/mol. The quantitative estimate of drug-likeness (QED) is 0.829. The van der Waals surface area contributed by atoms with E-state index in [1.54, 1.807) is 0 Å². The van der Waals surface area contributed by atoms with Gasteiger partial charge in [0.15, 0.2) is 5.41 Å². The van der Waals surface area contributed by atoms with Crippen LogP contribution in [0.4, 0.5) is 8.78 Å². The topological polar surface area (TPSA) is 86.2 Å². The second-order valence-electron chi connectivity index (χ2n) is 4.44. The van der Waals surface area contributed by atoms with E-state index in [1.807, 2.05) is 0 Å². The van der Waals surface area contributed by atoms with Gasteiger partial charge in [0.1, 0.15) is 11.6 Å². The van der Waals surface area contributed by atoms with Crippen molar-refractivity contribution >= 4 is 11.8 Å². The van der Waals surface area contributed by atoms with Gasteiger partial charge in [-0.25, -0.2) is 8.78 Å². The Morgan fingerprint density at radius 1 is 0.762 bits per heavy atom. The largest absolute Gasteiger partial charge is 0.368 e. The number of carbonyl (C=O) groups excluding carboxylic acids is 2. The van der Waals surface area contributed by atoms with Crippen molar-refractivity contribution in [2.24, 2.45) is 11.5 Å². The maximum absolute atomic E-state index is 14.1. The lowest BCUT2D eigenvalue weighted by atomic mass is 9.72. The molecule has 0 atom stereocenters. The van der Waals surface area contributed by atoms with Gasteiger partial charge >= 0.3 is 0 Å². The van der Waals surface area contributed by atoms with Crippen LogP contribution in [0.5, 0.6) is 0 Å². The van der Waals surface area contributed by atoms with E-state index in [1.165, 1.54) is 36.4 Å². The van der Waals surface area contributed by atoms with Crippen LogP contribution in [-0.2, 0) is 15.0 Å². The number of rotatable bonds is 4. The van der Waals surface area contributed by atoms with Gasteiger partial charge in [-0.3, -0.25) is 9.59 Å². The summed E-state index contributed by atoms with van der Waals surface area (Å²) in [5.41, 5.74) is 7.44. The normalized spacial score (nSPS) is 11.1. The van der Waals surface area contributed by atoms with Crippen LogP contribution in [0.1, 0.15) is 11.1 Å². The van der Waals surface area contributed by atoms with Crippen molar-refractivity contribution < 1.29 is 18.4 Å². The van der Waals surface area contributed by atoms with Gasteiger partial charge in [-0.2, -0.15) is 0 Å². The molecule has 0 aliphatic carbocycles. The van der Waals surface area contributed by atoms with Crippen molar-refractivity contribution in [1.82, 2.24) is 0 Å². The molecule has 4 N–H and O–H groups in total. The maximum atomic E-state index is 14.1. The van der Waals surface area contributed by atoms with E-state index < -0.39 is 28.9 Å². The van der Waals surface area contributed by atoms with E-state index in [-0.39, 0.29) is 11.1 Å². The number of carbonyl (C=O) groups is 2. The molecule has 0 aliphatic heterocycles. The summed E-state index contributed by atoms with van der Waals surface area (Å²) in [5.74, 6) is -4.24. The van der Waals surface area contributed by atoms with Gasteiger partial charge in [-0.05, 0) is 12.1 Å². The van der Waals surface area contributed by atoms with E-state index in [4.69, 9.17) is 11.5 Å². The zero-order chi connectivity index (χ0) is 15.6. The molecule has 0 radical (unpaired) electrons. The highest BCUT2D eigenvalue weighted by Crippen LogP contribution is 2.35. The fourth-order valence-corrected chi connectivity index (χ4v) is 2.33. The fraction of sp³-hybridized carbons (Fsp3) is 0.0667. The van der Waals surface area contributed by atoms with Crippen molar-refractivity contribution in [1.29, 1.82) is 0 Å². The number of benzene rings is 2. The molecule has 0 saturated carbocycles. The summed E-state index contributed by atoms with van der Waals surface area (Å²) in [6, 6.07) is 9.97. The molecule has 6 heteroatoms. The molecule has 0 aliphatic rings. The first kappa shape index (κ1) is 14.6. The standard InChI is InChI=1S/C15H12F2N2O2/c16-11-7-3-1-5-9(11)15(13(18)20,14(19)21)10-6-2-4-8-12(10)17/h1-8H,(H2,18,20)(H2,19,21). The van der Waals surface area contributed by atoms with Crippen LogP contribution >= 0.6 is 0 Å². The van der Waals surface area contributed by atoms with Crippen molar-refractivity contribution in [2.75, 3.05) is 0 Å². The highest BCUT2D eigenvalue weighted by molar-refractivity contribution is 6.13. The molecule has 4 nitrogen and oxygen atoms in total. The Morgan fingerprint density at radius 2 is 1.10 bits per heavy atom. The highest BCUT2D eigenvalue weighted by Gasteiger charge is 2.49. The highest BCUT2D eigenvalue weighted by atomic mass is 19.1. The lowest BCUT2D eigenvalue weighted by Crippen LogP contribution is -2.53. The smallest absolute Gasteiger partial charge is 0.242 e. The fourth-order valence-electron chi connectivity index (χ4n) is 2.33. The minimum atomic E-state index is -2.41. The summed E-state index contributed by atoms with van der Waals surface area (Å²) in [6.07, 6.45) is 0. The van der Waals surface area contributed by atoms with Gasteiger partial charge in [0.2, 0.25) is 11.8 Å². The van der Waals surface area contributed by atoms with E-state index >= 15 is 0 Å². The van der Waals surface area contributed by atoms with E-state index in [9.17, 15) is 18.4 Å². The number of amides is 2. The molecule has 21 heavy (non-hydrogen) atoms. The first-order chi connectivity index (χ1) is 9.92. The molecule has 2 aromatic carbocycles. The summed E-state index contributed by atoms with van der Waals surface area (Å²) in [5, 5.41) is 0. The minimum Gasteiger partial charge on any atom is -0.368 e. The van der Waals surface area contributed by atoms with Crippen LogP contribution in [0.2, 0.25) is 0 Å². The van der Waals surface area contributed by atoms with E-state index in [0.717, 1.165) is 12.1 Å². The second kappa shape index (κ2) is 5.32. The molecule has 0 saturated heterocycles. The Labute approximate surface area is 119 Å². The van der Waals surface area contributed by atoms with Crippen LogP contribution in [0.25, 0.3) is 0 Å². The van der Waals surface area contributed by atoms with Crippen LogP contribution in [-0.4, -0.2) is 11.8 Å². The number of primary amides is 2. The number of hydrogen-bond donors (Lipinski definition) is 2. The minimum absolute atomic E-state index is 0.380. The van der Waals surface area contributed by atoms with Crippen molar-refractivity contribution in [3.05, 3.63) is 71.3 Å². The SMILES string of the molecule is NC(=O)C(C(N)=O)(c1ccccc1F)c1ccccc1F. The molecule has 0 heterocycles. The summed E-state index contributed by atoms with van der Waals surface area (Å²) in [4.78, 5) is 23.9. The van der Waals surface area contributed by atoms with Crippen molar-refractivity contribution in [3.8, 4) is 0 Å². The summed E-state index contributed by atoms with van der Waals surface area (Å²) in [7, 11) is 0. The monoisotopic (exact) mass is 290 g/mol. The first-order valence-electron chi connectivity index (χ1n) is 6.02. The predicted octanol–water partition coefficient (Wildman–Crippen LogP) is 1.22. The molecular formula is C15H12F2N2O2. The summed E-state index contributed by atoms with van der Waals surface area (Å²) in [6.45, 7) is 0. The zero-order valence-corrected chi connectivity index (χ0v) is 10.8. The molecule has 2 aromatic rings. The number of hydrogen-bond acceptors (Lipinski definition) is 2. The number of nitrogens with two attached hydrogens (primary N) is 2. The molecule has 0 bridgehead atoms. The molecule has 2 amide bonds. The van der Waals surface area contributed by atoms with E-state index in [2.05, 4.69) is 0 Å². The van der Waals surface area contributed by atoms with Crippen LogP contribution in [0.15, 0.2) is 48.5 Å². The molecule has 0 unspecified atom stereocenters. The predicted molar refractivity (Wildman–Crippen MR) is 72.0 cm³/mol. The third-order valence-corrected chi connectivity index (χ3v) is 3.29. The van der Waals surface area contributed by atoms with Gasteiger partial charge < -0.3 is 11.5 Å². The van der Waals surface area contributed by atoms with Crippen molar-refractivity contribution in [3.63, 3.8) is 0 Å². The van der Waals surface area contributed by atoms with Gasteiger partial charge in [-0.15, -0.1) is 0 Å². The van der Waals surface area contributed by atoms with Gasteiger partial charge in [-0.1, -0.05) is 36.4 Å². The van der Waals surface area contributed by atoms with Crippen LogP contribution < -0.4 is 11.5 Å². The Hall–Kier alpha value is -2.76. The summed E-state index contributed by atoms with van der Waals surface area (Å²) >= 11 is 0. The van der Waals surface area contributed by atoms with Gasteiger partial charge in [0, 0.05) is 11.1 Å². The lowest BCUT2D eigenvalue weighted by molar-refractivity contribution is -0.132. The first-order valence-corrected chi connectivity index (χ1v) is 6.02. The van der Waals surface area contributed by atoms with Crippen LogP contribution in [0, 0.1) is 11.6 Å². The molecule has 2 rings (SSSR count). The molecule has 108 valence electrons. The van der Waals surface area contributed by atoms with E-state index in [0.29, 0.717) is 0 Å². The molecule has 0 aromatic heterocycles. The average Bonchev–Trinajstić information content (AvgIpc) is 2.42. The third kappa shape index (κ3) is 2.14.